The molecule has 4 nitrogen and oxygen atoms in total. The van der Waals surface area contributed by atoms with Crippen LogP contribution in [0.2, 0.25) is 0 Å². The van der Waals surface area contributed by atoms with E-state index in [0.29, 0.717) is 21.8 Å². The molecule has 1 aromatic carbocycles. The minimum absolute atomic E-state index is 0.240. The Labute approximate surface area is 172 Å². The van der Waals surface area contributed by atoms with Crippen molar-refractivity contribution in [2.75, 3.05) is 11.0 Å². The number of nitrogens with one attached hydrogen (secondary N) is 1. The molecule has 0 unspecified atom stereocenters. The highest BCUT2D eigenvalue weighted by Crippen LogP contribution is 2.25. The summed E-state index contributed by atoms with van der Waals surface area (Å²) < 4.78 is 46.7. The van der Waals surface area contributed by atoms with Crippen LogP contribution in [-0.4, -0.2) is 17.2 Å². The molecular formula is C21H22F3N3OS. The lowest BCUT2D eigenvalue weighted by Crippen LogP contribution is -2.29. The van der Waals surface area contributed by atoms with Crippen molar-refractivity contribution < 1.29 is 17.9 Å². The van der Waals surface area contributed by atoms with Crippen molar-refractivity contribution in [1.29, 1.82) is 5.26 Å². The van der Waals surface area contributed by atoms with Crippen LogP contribution >= 0.6 is 11.9 Å². The second kappa shape index (κ2) is 9.61. The molecule has 8 heteroatoms. The lowest BCUT2D eigenvalue weighted by molar-refractivity contribution is -0.302. The highest BCUT2D eigenvalue weighted by Gasteiger charge is 2.31. The lowest BCUT2D eigenvalue weighted by Gasteiger charge is -2.10. The van der Waals surface area contributed by atoms with Gasteiger partial charge in [0.2, 0.25) is 0 Å². The third-order valence-electron chi connectivity index (χ3n) is 4.12. The second-order valence-corrected chi connectivity index (χ2v) is 6.43. The molecule has 0 atom stereocenters. The number of nitrogens with zero attached hydrogens (tertiary/aromatic N) is 2. The monoisotopic (exact) mass is 421 g/mol. The molecule has 0 saturated carbocycles. The molecule has 0 spiro atoms. The van der Waals surface area contributed by atoms with Gasteiger partial charge in [-0.2, -0.15) is 5.26 Å². The molecule has 2 aromatic rings. The fourth-order valence-corrected chi connectivity index (χ4v) is 3.43. The molecule has 1 aliphatic rings. The first-order valence-electron chi connectivity index (χ1n) is 9.00. The predicted octanol–water partition coefficient (Wildman–Crippen LogP) is 4.66. The van der Waals surface area contributed by atoms with Gasteiger partial charge in [-0.25, -0.2) is 0 Å². The summed E-state index contributed by atoms with van der Waals surface area (Å²) in [5.74, 6) is -0.284. The van der Waals surface area contributed by atoms with E-state index in [1.165, 1.54) is 24.1 Å². The molecule has 29 heavy (non-hydrogen) atoms. The van der Waals surface area contributed by atoms with Crippen LogP contribution in [0.1, 0.15) is 25.8 Å². The van der Waals surface area contributed by atoms with Crippen molar-refractivity contribution >= 4 is 29.8 Å². The Bertz CT molecular complexity index is 1050. The van der Waals surface area contributed by atoms with Gasteiger partial charge in [0.25, 0.3) is 0 Å². The molecule has 154 valence electrons. The number of halogens is 3. The highest BCUT2D eigenvalue weighted by atomic mass is 32.2. The third kappa shape index (κ3) is 5.18. The predicted molar refractivity (Wildman–Crippen MR) is 112 cm³/mol. The zero-order valence-electron chi connectivity index (χ0n) is 16.6. The van der Waals surface area contributed by atoms with Gasteiger partial charge in [0.1, 0.15) is 11.8 Å². The smallest absolute Gasteiger partial charge is 0.406 e. The summed E-state index contributed by atoms with van der Waals surface area (Å²) in [5.41, 5.74) is 2.80. The van der Waals surface area contributed by atoms with E-state index in [1.54, 1.807) is 17.7 Å². The van der Waals surface area contributed by atoms with Crippen LogP contribution in [-0.2, 0) is 11.8 Å². The Morgan fingerprint density at radius 2 is 1.83 bits per heavy atom. The number of rotatable bonds is 4. The quantitative estimate of drug-likeness (QED) is 0.730. The van der Waals surface area contributed by atoms with E-state index in [4.69, 9.17) is 0 Å². The number of fused-ring (bicyclic) bond motifs is 1. The molecule has 0 fully saturated rings. The highest BCUT2D eigenvalue weighted by molar-refractivity contribution is 7.99. The zero-order chi connectivity index (χ0) is 21.6. The lowest BCUT2D eigenvalue weighted by atomic mass is 10.1. The Balaban J connectivity index is 0.00000145. The van der Waals surface area contributed by atoms with Crippen molar-refractivity contribution in [3.8, 4) is 17.3 Å². The Kier molecular flexibility index (Phi) is 7.46. The van der Waals surface area contributed by atoms with Crippen LogP contribution in [0.15, 0.2) is 36.1 Å². The fraction of sp³-hybridized carbons (Fsp3) is 0.286. The first-order chi connectivity index (χ1) is 13.8. The largest absolute Gasteiger partial charge is 0.573 e. The maximum Gasteiger partial charge on any atom is 0.573 e. The normalized spacial score (nSPS) is 12.7. The summed E-state index contributed by atoms with van der Waals surface area (Å²) in [5, 5.41) is 10.8. The topological polar surface area (TPSA) is 50.0 Å². The number of ether oxygens (including phenoxy) is 1. The van der Waals surface area contributed by atoms with Crippen molar-refractivity contribution in [3.05, 3.63) is 52.2 Å². The maximum absolute atomic E-state index is 12.6. The van der Waals surface area contributed by atoms with Crippen molar-refractivity contribution in [3.63, 3.8) is 0 Å². The van der Waals surface area contributed by atoms with E-state index in [2.05, 4.69) is 15.5 Å². The molecule has 0 aliphatic heterocycles. The number of nitriles is 1. The first-order valence-corrected chi connectivity index (χ1v) is 10.2. The van der Waals surface area contributed by atoms with E-state index in [-0.39, 0.29) is 12.2 Å². The second-order valence-electron chi connectivity index (χ2n) is 5.82. The third-order valence-corrected chi connectivity index (χ3v) is 4.56. The number of aromatic nitrogens is 1. The number of hydrogen-bond donors (Lipinski definition) is 1. The molecule has 0 radical (unpaired) electrons. The van der Waals surface area contributed by atoms with Crippen LogP contribution in [0.3, 0.4) is 0 Å². The van der Waals surface area contributed by atoms with E-state index in [9.17, 15) is 18.4 Å². The summed E-state index contributed by atoms with van der Waals surface area (Å²) in [7, 11) is 1.73. The van der Waals surface area contributed by atoms with E-state index in [0.717, 1.165) is 11.3 Å². The maximum atomic E-state index is 12.6. The SMILES string of the molecule is CC.CSNc1ccc(-c2c(C#N)c3c(n2C)=CC(OC(F)(F)F)=CCC=3)cc1. The Morgan fingerprint density at radius 1 is 1.17 bits per heavy atom. The molecule has 1 N–H and O–H groups in total. The zero-order valence-corrected chi connectivity index (χ0v) is 17.4. The molecule has 1 heterocycles. The molecule has 0 amide bonds. The molecule has 1 aliphatic carbocycles. The molecule has 3 rings (SSSR count). The standard InChI is InChI=1S/C19H16F3N3OS.C2H6/c1-25-17-10-14(26-19(20,21)22)4-3-5-15(17)16(11-23)18(25)12-6-8-13(9-7-12)24-27-2;1-2/h4-10,24H,3H2,1-2H3;1-2H3. The molecular weight excluding hydrogens is 399 g/mol. The number of anilines is 1. The van der Waals surface area contributed by atoms with Crippen LogP contribution in [0.4, 0.5) is 18.9 Å². The van der Waals surface area contributed by atoms with Crippen molar-refractivity contribution in [2.24, 2.45) is 7.05 Å². The van der Waals surface area contributed by atoms with Gasteiger partial charge >= 0.3 is 6.36 Å². The Hall–Kier alpha value is -2.79. The summed E-state index contributed by atoms with van der Waals surface area (Å²) in [6, 6.07) is 9.71. The van der Waals surface area contributed by atoms with E-state index < -0.39 is 6.36 Å². The van der Waals surface area contributed by atoms with Crippen LogP contribution in [0.5, 0.6) is 0 Å². The van der Waals surface area contributed by atoms with E-state index >= 15 is 0 Å². The summed E-state index contributed by atoms with van der Waals surface area (Å²) in [6.07, 6.45) is 1.79. The molecule has 0 bridgehead atoms. The van der Waals surface area contributed by atoms with Gasteiger partial charge in [-0.15, -0.1) is 13.2 Å². The first kappa shape index (κ1) is 22.5. The van der Waals surface area contributed by atoms with Crippen LogP contribution in [0, 0.1) is 11.3 Å². The minimum atomic E-state index is -4.76. The summed E-state index contributed by atoms with van der Waals surface area (Å²) >= 11 is 1.47. The van der Waals surface area contributed by atoms with Crippen LogP contribution in [0.25, 0.3) is 23.4 Å². The van der Waals surface area contributed by atoms with Crippen molar-refractivity contribution in [2.45, 2.75) is 26.6 Å². The summed E-state index contributed by atoms with van der Waals surface area (Å²) in [4.78, 5) is 0. The van der Waals surface area contributed by atoms with Crippen molar-refractivity contribution in [1.82, 2.24) is 4.57 Å². The Morgan fingerprint density at radius 3 is 2.38 bits per heavy atom. The van der Waals surface area contributed by atoms with Gasteiger partial charge in [0, 0.05) is 30.3 Å². The number of alkyl halides is 3. The average Bonchev–Trinajstić information content (AvgIpc) is 2.82. The summed E-state index contributed by atoms with van der Waals surface area (Å²) in [6.45, 7) is 4.00. The van der Waals surface area contributed by atoms with Gasteiger partial charge in [-0.1, -0.05) is 44.0 Å². The van der Waals surface area contributed by atoms with E-state index in [1.807, 2.05) is 44.4 Å². The van der Waals surface area contributed by atoms with Gasteiger partial charge < -0.3 is 14.0 Å². The van der Waals surface area contributed by atoms with Gasteiger partial charge in [0.15, 0.2) is 0 Å². The number of hydrogen-bond acceptors (Lipinski definition) is 4. The van der Waals surface area contributed by atoms with Gasteiger partial charge in [-0.05, 0) is 30.2 Å². The number of allylic oxidation sites excluding steroid dienone is 2. The van der Waals surface area contributed by atoms with Crippen LogP contribution < -0.4 is 15.3 Å². The number of benzene rings is 1. The molecule has 1 aromatic heterocycles. The fourth-order valence-electron chi connectivity index (χ4n) is 3.06. The minimum Gasteiger partial charge on any atom is -0.406 e. The molecule has 0 saturated heterocycles. The van der Waals surface area contributed by atoms with Gasteiger partial charge in [0.05, 0.1) is 16.6 Å². The average molecular weight is 421 g/mol. The van der Waals surface area contributed by atoms with Gasteiger partial charge in [-0.3, -0.25) is 0 Å².